The molecule has 0 saturated carbocycles. The van der Waals surface area contributed by atoms with Crippen molar-refractivity contribution >= 4 is 5.91 Å². The van der Waals surface area contributed by atoms with E-state index in [0.717, 1.165) is 5.56 Å². The second kappa shape index (κ2) is 7.20. The van der Waals surface area contributed by atoms with Crippen molar-refractivity contribution in [2.24, 2.45) is 0 Å². The van der Waals surface area contributed by atoms with E-state index in [1.165, 1.54) is 24.3 Å². The fourth-order valence-electron chi connectivity index (χ4n) is 1.98. The van der Waals surface area contributed by atoms with E-state index in [-0.39, 0.29) is 11.7 Å². The number of aryl methyl sites for hydroxylation is 1. The number of halogens is 1. The summed E-state index contributed by atoms with van der Waals surface area (Å²) in [6.07, 6.45) is 0.928. The van der Waals surface area contributed by atoms with Gasteiger partial charge in [0.15, 0.2) is 0 Å². The molecule has 21 heavy (non-hydrogen) atoms. The van der Waals surface area contributed by atoms with Gasteiger partial charge in [0.1, 0.15) is 11.9 Å². The van der Waals surface area contributed by atoms with E-state index >= 15 is 0 Å². The third-order valence-corrected chi connectivity index (χ3v) is 3.12. The van der Waals surface area contributed by atoms with Crippen LogP contribution in [0.2, 0.25) is 0 Å². The smallest absolute Gasteiger partial charge is 0.221 e. The lowest BCUT2D eigenvalue weighted by Crippen LogP contribution is -2.27. The highest BCUT2D eigenvalue weighted by atomic mass is 19.1. The number of amides is 1. The summed E-state index contributed by atoms with van der Waals surface area (Å²) >= 11 is 0. The number of carbonyl (C=O) groups excluding carboxylic acids is 1. The lowest BCUT2D eigenvalue weighted by atomic mass is 10.1. The molecule has 3 nitrogen and oxygen atoms in total. The average Bonchev–Trinajstić information content (AvgIpc) is 2.52. The molecular formula is C17H15FN2O. The second-order valence-corrected chi connectivity index (χ2v) is 4.67. The number of nitrogens with one attached hydrogen (secondary N) is 1. The Hall–Kier alpha value is -2.67. The minimum Gasteiger partial charge on any atom is -0.337 e. The minimum absolute atomic E-state index is 0.199. The zero-order valence-electron chi connectivity index (χ0n) is 11.4. The molecule has 0 spiro atoms. The third-order valence-electron chi connectivity index (χ3n) is 3.12. The van der Waals surface area contributed by atoms with Crippen molar-refractivity contribution in [3.63, 3.8) is 0 Å². The van der Waals surface area contributed by atoms with Crippen LogP contribution in [0.3, 0.4) is 0 Å². The van der Waals surface area contributed by atoms with Crippen LogP contribution in [0.4, 0.5) is 4.39 Å². The van der Waals surface area contributed by atoms with Crippen molar-refractivity contribution in [2.75, 3.05) is 0 Å². The molecule has 0 unspecified atom stereocenters. The first-order valence-corrected chi connectivity index (χ1v) is 6.67. The molecule has 0 fully saturated rings. The van der Waals surface area contributed by atoms with Gasteiger partial charge >= 0.3 is 0 Å². The van der Waals surface area contributed by atoms with Crippen LogP contribution in [-0.2, 0) is 11.2 Å². The Morgan fingerprint density at radius 1 is 1.14 bits per heavy atom. The predicted molar refractivity (Wildman–Crippen MR) is 77.7 cm³/mol. The molecule has 0 heterocycles. The van der Waals surface area contributed by atoms with Gasteiger partial charge in [0.05, 0.1) is 6.07 Å². The quantitative estimate of drug-likeness (QED) is 0.916. The van der Waals surface area contributed by atoms with Gasteiger partial charge < -0.3 is 5.32 Å². The van der Waals surface area contributed by atoms with Crippen molar-refractivity contribution in [3.05, 3.63) is 71.5 Å². The van der Waals surface area contributed by atoms with E-state index < -0.39 is 6.04 Å². The number of hydrogen-bond donors (Lipinski definition) is 1. The van der Waals surface area contributed by atoms with E-state index in [1.54, 1.807) is 0 Å². The van der Waals surface area contributed by atoms with Crippen LogP contribution >= 0.6 is 0 Å². The molecule has 0 aromatic heterocycles. The van der Waals surface area contributed by atoms with E-state index in [1.807, 2.05) is 36.4 Å². The number of carbonyl (C=O) groups is 1. The lowest BCUT2D eigenvalue weighted by molar-refractivity contribution is -0.121. The van der Waals surface area contributed by atoms with Gasteiger partial charge in [-0.3, -0.25) is 4.79 Å². The van der Waals surface area contributed by atoms with Gasteiger partial charge in [-0.15, -0.1) is 0 Å². The van der Waals surface area contributed by atoms with Crippen LogP contribution in [0, 0.1) is 17.1 Å². The van der Waals surface area contributed by atoms with E-state index in [2.05, 4.69) is 5.32 Å². The van der Waals surface area contributed by atoms with E-state index in [9.17, 15) is 9.18 Å². The van der Waals surface area contributed by atoms with Crippen LogP contribution in [0.15, 0.2) is 54.6 Å². The molecular weight excluding hydrogens is 267 g/mol. The summed E-state index contributed by atoms with van der Waals surface area (Å²) in [7, 11) is 0. The summed E-state index contributed by atoms with van der Waals surface area (Å²) in [6.45, 7) is 0. The molecule has 1 N–H and O–H groups in total. The number of nitrogens with zero attached hydrogens (tertiary/aromatic N) is 1. The number of rotatable bonds is 5. The Bertz CT molecular complexity index is 632. The molecule has 1 amide bonds. The Labute approximate surface area is 123 Å². The first-order chi connectivity index (χ1) is 10.2. The zero-order chi connectivity index (χ0) is 15.1. The summed E-state index contributed by atoms with van der Waals surface area (Å²) in [4.78, 5) is 11.9. The van der Waals surface area contributed by atoms with Crippen LogP contribution < -0.4 is 5.32 Å². The summed E-state index contributed by atoms with van der Waals surface area (Å²) in [5.41, 5.74) is 1.65. The van der Waals surface area contributed by atoms with Crippen molar-refractivity contribution < 1.29 is 9.18 Å². The minimum atomic E-state index is -0.756. The van der Waals surface area contributed by atoms with Crippen LogP contribution in [0.1, 0.15) is 23.6 Å². The van der Waals surface area contributed by atoms with Crippen LogP contribution in [-0.4, -0.2) is 5.91 Å². The van der Waals surface area contributed by atoms with Crippen LogP contribution in [0.5, 0.6) is 0 Å². The highest BCUT2D eigenvalue weighted by molar-refractivity contribution is 5.77. The molecule has 2 aromatic rings. The number of benzene rings is 2. The van der Waals surface area contributed by atoms with E-state index in [0.29, 0.717) is 18.4 Å². The zero-order valence-corrected chi connectivity index (χ0v) is 11.4. The van der Waals surface area contributed by atoms with Gasteiger partial charge in [0.25, 0.3) is 0 Å². The van der Waals surface area contributed by atoms with Gasteiger partial charge in [0, 0.05) is 6.42 Å². The molecule has 1 atom stereocenters. The predicted octanol–water partition coefficient (Wildman–Crippen LogP) is 3.14. The largest absolute Gasteiger partial charge is 0.337 e. The van der Waals surface area contributed by atoms with Crippen molar-refractivity contribution in [3.8, 4) is 6.07 Å². The molecule has 0 bridgehead atoms. The first kappa shape index (κ1) is 14.7. The molecule has 4 heteroatoms. The molecule has 0 aliphatic carbocycles. The Balaban J connectivity index is 1.91. The first-order valence-electron chi connectivity index (χ1n) is 6.67. The molecule has 0 aliphatic rings. The van der Waals surface area contributed by atoms with E-state index in [4.69, 9.17) is 5.26 Å². The third kappa shape index (κ3) is 4.43. The fraction of sp³-hybridized carbons (Fsp3) is 0.176. The maximum atomic E-state index is 12.9. The standard InChI is InChI=1S/C17H15FN2O/c18-15-9-7-14(8-10-15)16(12-19)20-17(21)11-6-13-4-2-1-3-5-13/h1-5,7-10,16H,6,11H2,(H,20,21)/t16-/m0/s1. The average molecular weight is 282 g/mol. The molecule has 0 saturated heterocycles. The van der Waals surface area contributed by atoms with Crippen molar-refractivity contribution in [1.29, 1.82) is 5.26 Å². The van der Waals surface area contributed by atoms with Gasteiger partial charge in [0.2, 0.25) is 5.91 Å². The Morgan fingerprint density at radius 2 is 1.81 bits per heavy atom. The topological polar surface area (TPSA) is 52.9 Å². The summed E-state index contributed by atoms with van der Waals surface area (Å²) in [6, 6.07) is 16.5. The highest BCUT2D eigenvalue weighted by Crippen LogP contribution is 2.13. The van der Waals surface area contributed by atoms with Gasteiger partial charge in [-0.1, -0.05) is 42.5 Å². The molecule has 106 valence electrons. The molecule has 2 rings (SSSR count). The van der Waals surface area contributed by atoms with Crippen molar-refractivity contribution in [1.82, 2.24) is 5.32 Å². The lowest BCUT2D eigenvalue weighted by Gasteiger charge is -2.12. The number of hydrogen-bond acceptors (Lipinski definition) is 2. The SMILES string of the molecule is N#C[C@H](NC(=O)CCc1ccccc1)c1ccc(F)cc1. The normalized spacial score (nSPS) is 11.4. The van der Waals surface area contributed by atoms with Gasteiger partial charge in [-0.25, -0.2) is 4.39 Å². The number of nitriles is 1. The summed E-state index contributed by atoms with van der Waals surface area (Å²) < 4.78 is 12.9. The second-order valence-electron chi connectivity index (χ2n) is 4.67. The van der Waals surface area contributed by atoms with Crippen LogP contribution in [0.25, 0.3) is 0 Å². The monoisotopic (exact) mass is 282 g/mol. The van der Waals surface area contributed by atoms with Gasteiger partial charge in [-0.05, 0) is 29.7 Å². The summed E-state index contributed by atoms with van der Waals surface area (Å²) in [5, 5.41) is 11.8. The highest BCUT2D eigenvalue weighted by Gasteiger charge is 2.13. The maximum Gasteiger partial charge on any atom is 0.221 e. The maximum absolute atomic E-state index is 12.9. The Morgan fingerprint density at radius 3 is 2.43 bits per heavy atom. The molecule has 2 aromatic carbocycles. The molecule has 0 radical (unpaired) electrons. The summed E-state index contributed by atoms with van der Waals surface area (Å²) in [5.74, 6) is -0.569. The van der Waals surface area contributed by atoms with Crippen molar-refractivity contribution in [2.45, 2.75) is 18.9 Å². The fourth-order valence-corrected chi connectivity index (χ4v) is 1.98. The Kier molecular flexibility index (Phi) is 5.05. The van der Waals surface area contributed by atoms with Gasteiger partial charge in [-0.2, -0.15) is 5.26 Å². The molecule has 0 aliphatic heterocycles.